The van der Waals surface area contributed by atoms with Crippen LogP contribution >= 0.6 is 0 Å². The Morgan fingerprint density at radius 2 is 1.69 bits per heavy atom. The second-order valence-electron chi connectivity index (χ2n) is 3.50. The van der Waals surface area contributed by atoms with Gasteiger partial charge in [0.25, 0.3) is 0 Å². The minimum absolute atomic E-state index is 0.758. The lowest BCUT2D eigenvalue weighted by Crippen LogP contribution is -1.94. The molecule has 0 unspecified atom stereocenters. The maximum Gasteiger partial charge on any atom is 0.119 e. The summed E-state index contributed by atoms with van der Waals surface area (Å²) in [6, 6.07) is 7.98. The van der Waals surface area contributed by atoms with Crippen molar-refractivity contribution in [1.82, 2.24) is 9.97 Å². The van der Waals surface area contributed by atoms with Gasteiger partial charge >= 0.3 is 0 Å². The highest BCUT2D eigenvalue weighted by molar-refractivity contribution is 5.62. The molecule has 0 aliphatic carbocycles. The van der Waals surface area contributed by atoms with E-state index in [-0.39, 0.29) is 0 Å². The van der Waals surface area contributed by atoms with E-state index in [4.69, 9.17) is 4.74 Å². The van der Waals surface area contributed by atoms with Gasteiger partial charge < -0.3 is 4.74 Å². The molecule has 0 saturated heterocycles. The van der Waals surface area contributed by atoms with E-state index in [1.807, 2.05) is 24.3 Å². The number of benzene rings is 1. The largest absolute Gasteiger partial charge is 0.494 e. The summed E-state index contributed by atoms with van der Waals surface area (Å²) in [6.07, 6.45) is 6.15. The fourth-order valence-corrected chi connectivity index (χ4v) is 1.41. The van der Waals surface area contributed by atoms with E-state index in [1.165, 1.54) is 6.33 Å². The summed E-state index contributed by atoms with van der Waals surface area (Å²) in [5.41, 5.74) is 2.12. The molecule has 1 aromatic heterocycles. The highest BCUT2D eigenvalue weighted by atomic mass is 16.5. The highest BCUT2D eigenvalue weighted by Crippen LogP contribution is 2.20. The predicted octanol–water partition coefficient (Wildman–Crippen LogP) is 2.93. The summed E-state index contributed by atoms with van der Waals surface area (Å²) in [4.78, 5) is 7.98. The molecule has 1 heterocycles. The number of hydrogen-bond acceptors (Lipinski definition) is 3. The standard InChI is InChI=1S/C13H14N2O/c1-2-7-16-13-5-3-11(4-6-13)12-8-14-10-15-9-12/h3-6,8-10H,2,7H2,1H3. The average Bonchev–Trinajstić information content (AvgIpc) is 2.38. The Bertz CT molecular complexity index is 425. The predicted molar refractivity (Wildman–Crippen MR) is 63.3 cm³/mol. The Balaban J connectivity index is 2.13. The Labute approximate surface area is 95.1 Å². The van der Waals surface area contributed by atoms with Gasteiger partial charge in [-0.15, -0.1) is 0 Å². The molecule has 3 nitrogen and oxygen atoms in total. The van der Waals surface area contributed by atoms with Crippen molar-refractivity contribution in [3.8, 4) is 16.9 Å². The quantitative estimate of drug-likeness (QED) is 0.784. The first-order valence-electron chi connectivity index (χ1n) is 5.38. The van der Waals surface area contributed by atoms with Gasteiger partial charge in [-0.05, 0) is 24.1 Å². The highest BCUT2D eigenvalue weighted by Gasteiger charge is 1.98. The maximum absolute atomic E-state index is 5.51. The number of hydrogen-bond donors (Lipinski definition) is 0. The van der Waals surface area contributed by atoms with E-state index in [2.05, 4.69) is 16.9 Å². The Hall–Kier alpha value is -1.90. The van der Waals surface area contributed by atoms with E-state index in [9.17, 15) is 0 Å². The molecule has 0 radical (unpaired) electrons. The van der Waals surface area contributed by atoms with Crippen LogP contribution in [0.5, 0.6) is 5.75 Å². The number of rotatable bonds is 4. The number of ether oxygens (including phenoxy) is 1. The minimum atomic E-state index is 0.758. The molecule has 0 aliphatic rings. The molecule has 82 valence electrons. The van der Waals surface area contributed by atoms with Crippen LogP contribution in [0.1, 0.15) is 13.3 Å². The van der Waals surface area contributed by atoms with Gasteiger partial charge in [-0.1, -0.05) is 19.1 Å². The van der Waals surface area contributed by atoms with Gasteiger partial charge in [-0.2, -0.15) is 0 Å². The molecule has 0 aliphatic heterocycles. The monoisotopic (exact) mass is 214 g/mol. The van der Waals surface area contributed by atoms with Gasteiger partial charge in [0.15, 0.2) is 0 Å². The van der Waals surface area contributed by atoms with Gasteiger partial charge in [-0.3, -0.25) is 0 Å². The first kappa shape index (κ1) is 10.6. The topological polar surface area (TPSA) is 35.0 Å². The lowest BCUT2D eigenvalue weighted by atomic mass is 10.1. The normalized spacial score (nSPS) is 10.1. The smallest absolute Gasteiger partial charge is 0.119 e. The van der Waals surface area contributed by atoms with E-state index >= 15 is 0 Å². The van der Waals surface area contributed by atoms with Crippen molar-refractivity contribution < 1.29 is 4.74 Å². The third kappa shape index (κ3) is 2.57. The van der Waals surface area contributed by atoms with E-state index in [0.29, 0.717) is 0 Å². The van der Waals surface area contributed by atoms with Gasteiger partial charge in [0.2, 0.25) is 0 Å². The number of aromatic nitrogens is 2. The molecule has 0 N–H and O–H groups in total. The Morgan fingerprint density at radius 1 is 1.00 bits per heavy atom. The molecule has 2 aromatic rings. The third-order valence-electron chi connectivity index (χ3n) is 2.22. The third-order valence-corrected chi connectivity index (χ3v) is 2.22. The van der Waals surface area contributed by atoms with Crippen LogP contribution in [0.2, 0.25) is 0 Å². The van der Waals surface area contributed by atoms with Crippen LogP contribution < -0.4 is 4.74 Å². The first-order valence-corrected chi connectivity index (χ1v) is 5.38. The summed E-state index contributed by atoms with van der Waals surface area (Å²) in [5.74, 6) is 0.905. The number of nitrogens with zero attached hydrogens (tertiary/aromatic N) is 2. The second kappa shape index (κ2) is 5.26. The van der Waals surface area contributed by atoms with Crippen LogP contribution in [0.4, 0.5) is 0 Å². The molecule has 2 rings (SSSR count). The molecule has 0 atom stereocenters. The van der Waals surface area contributed by atoms with Gasteiger partial charge in [0.05, 0.1) is 6.61 Å². The van der Waals surface area contributed by atoms with Crippen LogP contribution in [-0.4, -0.2) is 16.6 Å². The summed E-state index contributed by atoms with van der Waals surface area (Å²) in [6.45, 7) is 2.85. The molecular formula is C13H14N2O. The summed E-state index contributed by atoms with van der Waals surface area (Å²) in [7, 11) is 0. The van der Waals surface area contributed by atoms with E-state index in [0.717, 1.165) is 29.9 Å². The Morgan fingerprint density at radius 3 is 2.31 bits per heavy atom. The zero-order valence-electron chi connectivity index (χ0n) is 9.26. The van der Waals surface area contributed by atoms with E-state index in [1.54, 1.807) is 12.4 Å². The average molecular weight is 214 g/mol. The zero-order valence-corrected chi connectivity index (χ0v) is 9.26. The van der Waals surface area contributed by atoms with Crippen LogP contribution in [-0.2, 0) is 0 Å². The first-order chi connectivity index (χ1) is 7.90. The molecule has 0 amide bonds. The molecule has 0 bridgehead atoms. The van der Waals surface area contributed by atoms with E-state index < -0.39 is 0 Å². The van der Waals surface area contributed by atoms with Crippen LogP contribution in [0, 0.1) is 0 Å². The zero-order chi connectivity index (χ0) is 11.2. The molecule has 0 spiro atoms. The Kier molecular flexibility index (Phi) is 3.49. The van der Waals surface area contributed by atoms with Crippen LogP contribution in [0.25, 0.3) is 11.1 Å². The van der Waals surface area contributed by atoms with Crippen molar-refractivity contribution in [2.75, 3.05) is 6.61 Å². The fourth-order valence-electron chi connectivity index (χ4n) is 1.41. The maximum atomic E-state index is 5.51. The SMILES string of the molecule is CCCOc1ccc(-c2cncnc2)cc1. The second-order valence-corrected chi connectivity index (χ2v) is 3.50. The van der Waals surface area contributed by atoms with Crippen LogP contribution in [0.15, 0.2) is 43.0 Å². The molecule has 0 fully saturated rings. The van der Waals surface area contributed by atoms with Crippen molar-refractivity contribution in [3.05, 3.63) is 43.0 Å². The molecule has 0 saturated carbocycles. The van der Waals surface area contributed by atoms with Crippen LogP contribution in [0.3, 0.4) is 0 Å². The van der Waals surface area contributed by atoms with Crippen molar-refractivity contribution in [3.63, 3.8) is 0 Å². The van der Waals surface area contributed by atoms with Crippen molar-refractivity contribution in [2.24, 2.45) is 0 Å². The minimum Gasteiger partial charge on any atom is -0.494 e. The molecule has 16 heavy (non-hydrogen) atoms. The summed E-state index contributed by atoms with van der Waals surface area (Å²) in [5, 5.41) is 0. The van der Waals surface area contributed by atoms with Gasteiger partial charge in [0.1, 0.15) is 12.1 Å². The van der Waals surface area contributed by atoms with Crippen molar-refractivity contribution in [1.29, 1.82) is 0 Å². The van der Waals surface area contributed by atoms with Gasteiger partial charge in [-0.25, -0.2) is 9.97 Å². The van der Waals surface area contributed by atoms with Crippen molar-refractivity contribution >= 4 is 0 Å². The lowest BCUT2D eigenvalue weighted by molar-refractivity contribution is 0.317. The summed E-state index contributed by atoms with van der Waals surface area (Å²) < 4.78 is 5.51. The van der Waals surface area contributed by atoms with Gasteiger partial charge in [0, 0.05) is 18.0 Å². The lowest BCUT2D eigenvalue weighted by Gasteiger charge is -2.05. The molecular weight excluding hydrogens is 200 g/mol. The molecule has 3 heteroatoms. The summed E-state index contributed by atoms with van der Waals surface area (Å²) >= 11 is 0. The van der Waals surface area contributed by atoms with Crippen molar-refractivity contribution in [2.45, 2.75) is 13.3 Å². The fraction of sp³-hybridized carbons (Fsp3) is 0.231. The molecule has 1 aromatic carbocycles.